The van der Waals surface area contributed by atoms with E-state index in [-0.39, 0.29) is 18.0 Å². The van der Waals surface area contributed by atoms with Crippen LogP contribution in [0.2, 0.25) is 0 Å². The highest BCUT2D eigenvalue weighted by Gasteiger charge is 2.26. The predicted molar refractivity (Wildman–Crippen MR) is 146 cm³/mol. The number of rotatable bonds is 8. The minimum absolute atomic E-state index is 0. The normalized spacial score (nSPS) is 15.5. The van der Waals surface area contributed by atoms with Gasteiger partial charge in [-0.2, -0.15) is 0 Å². The average molecular weight is 515 g/mol. The number of fused-ring (bicyclic) bond motifs is 1. The van der Waals surface area contributed by atoms with Crippen LogP contribution in [-0.4, -0.2) is 86.0 Å². The smallest absolute Gasteiger partial charge is 0.106 e. The number of piperazine rings is 1. The topological polar surface area (TPSA) is 139 Å². The van der Waals surface area contributed by atoms with Crippen molar-refractivity contribution in [1.82, 2.24) is 20.5 Å². The molecule has 0 spiro atoms. The van der Waals surface area contributed by atoms with Gasteiger partial charge in [0.25, 0.3) is 0 Å². The van der Waals surface area contributed by atoms with Crippen molar-refractivity contribution in [1.29, 1.82) is 0 Å². The first-order chi connectivity index (χ1) is 15.9. The third kappa shape index (κ3) is 12.8. The standard InChI is InChI=1S/C12H27N3O2.C12H11NS.CH2O.2H2O.H2/c1-12(2,3)17-10-14-6-9-16-11-15-7-4-13-5-8-15;14-11-3-1-2-10-9(11)6-7-13-12(10)8-4-5-8;1-2;;;/h13-14H,4-11H2,1-3H3;1-3,6-8,14H,4-5H2;1H2;2*1H2;1H. The van der Waals surface area contributed by atoms with Crippen molar-refractivity contribution >= 4 is 30.2 Å². The fourth-order valence-electron chi connectivity index (χ4n) is 3.41. The molecule has 2 aromatic rings. The minimum Gasteiger partial charge on any atom is -0.412 e. The van der Waals surface area contributed by atoms with Crippen molar-refractivity contribution < 1.29 is 26.6 Å². The van der Waals surface area contributed by atoms with Crippen LogP contribution >= 0.6 is 12.6 Å². The summed E-state index contributed by atoms with van der Waals surface area (Å²) in [5.41, 5.74) is 1.19. The van der Waals surface area contributed by atoms with E-state index in [2.05, 4.69) is 66.1 Å². The molecule has 2 heterocycles. The van der Waals surface area contributed by atoms with Crippen LogP contribution in [0.4, 0.5) is 0 Å². The number of nitrogens with zero attached hydrogens (tertiary/aromatic N) is 2. The molecule has 2 fully saturated rings. The van der Waals surface area contributed by atoms with Crippen LogP contribution in [0.3, 0.4) is 0 Å². The summed E-state index contributed by atoms with van der Waals surface area (Å²) in [5, 5.41) is 9.03. The second kappa shape index (κ2) is 17.7. The van der Waals surface area contributed by atoms with Crippen LogP contribution in [0.5, 0.6) is 0 Å². The molecular formula is C25H46N4O5S. The van der Waals surface area contributed by atoms with E-state index >= 15 is 0 Å². The summed E-state index contributed by atoms with van der Waals surface area (Å²) in [6.45, 7) is 15.4. The highest BCUT2D eigenvalue weighted by Crippen LogP contribution is 2.42. The Hall–Kier alpha value is -1.63. The van der Waals surface area contributed by atoms with Crippen LogP contribution in [0.15, 0.2) is 35.4 Å². The van der Waals surface area contributed by atoms with Crippen molar-refractivity contribution in [3.8, 4) is 0 Å². The number of carbonyl (C=O) groups is 1. The van der Waals surface area contributed by atoms with Gasteiger partial charge in [-0.3, -0.25) is 15.2 Å². The van der Waals surface area contributed by atoms with Gasteiger partial charge in [-0.05, 0) is 51.1 Å². The molecule has 1 saturated carbocycles. The maximum absolute atomic E-state index is 8.00. The van der Waals surface area contributed by atoms with Crippen LogP contribution in [-0.2, 0) is 14.3 Å². The molecular weight excluding hydrogens is 468 g/mol. The zero-order chi connectivity index (χ0) is 24.1. The summed E-state index contributed by atoms with van der Waals surface area (Å²) in [5.74, 6) is 0.703. The lowest BCUT2D eigenvalue weighted by molar-refractivity contribution is -0.0980. The predicted octanol–water partition coefficient (Wildman–Crippen LogP) is 2.04. The molecule has 1 aliphatic heterocycles. The Bertz CT molecular complexity index is 834. The molecule has 1 saturated heterocycles. The van der Waals surface area contributed by atoms with Crippen molar-refractivity contribution in [2.24, 2.45) is 0 Å². The highest BCUT2D eigenvalue weighted by molar-refractivity contribution is 7.80. The number of thiol groups is 1. The molecule has 0 atom stereocenters. The highest BCUT2D eigenvalue weighted by atomic mass is 32.1. The molecule has 2 aliphatic rings. The summed E-state index contributed by atoms with van der Waals surface area (Å²) in [6.07, 6.45) is 4.49. The first-order valence-electron chi connectivity index (χ1n) is 11.6. The summed E-state index contributed by atoms with van der Waals surface area (Å²) < 4.78 is 11.1. The minimum atomic E-state index is -0.0747. The summed E-state index contributed by atoms with van der Waals surface area (Å²) >= 11 is 4.46. The van der Waals surface area contributed by atoms with E-state index in [9.17, 15) is 0 Å². The molecule has 10 heteroatoms. The Morgan fingerprint density at radius 2 is 1.86 bits per heavy atom. The molecule has 4 rings (SSSR count). The van der Waals surface area contributed by atoms with Crippen LogP contribution in [0.25, 0.3) is 10.8 Å². The lowest BCUT2D eigenvalue weighted by atomic mass is 10.1. The lowest BCUT2D eigenvalue weighted by Crippen LogP contribution is -2.44. The molecule has 202 valence electrons. The van der Waals surface area contributed by atoms with E-state index in [4.69, 9.17) is 14.3 Å². The Morgan fingerprint density at radius 3 is 2.49 bits per heavy atom. The molecule has 0 amide bonds. The molecule has 1 aromatic carbocycles. The monoisotopic (exact) mass is 514 g/mol. The van der Waals surface area contributed by atoms with E-state index in [0.717, 1.165) is 51.0 Å². The molecule has 35 heavy (non-hydrogen) atoms. The number of carbonyl (C=O) groups excluding carboxylic acids is 1. The van der Waals surface area contributed by atoms with Crippen molar-refractivity contribution in [3.63, 3.8) is 0 Å². The molecule has 1 aromatic heterocycles. The van der Waals surface area contributed by atoms with E-state index < -0.39 is 0 Å². The van der Waals surface area contributed by atoms with Crippen molar-refractivity contribution in [2.75, 3.05) is 52.8 Å². The second-order valence-electron chi connectivity index (χ2n) is 9.15. The van der Waals surface area contributed by atoms with Crippen molar-refractivity contribution in [3.05, 3.63) is 36.2 Å². The largest absolute Gasteiger partial charge is 0.412 e. The fraction of sp³-hybridized carbons (Fsp3) is 0.600. The SMILES string of the molecule is C=O.CC(C)(C)OCNCCOCN1CCNCC1.O.O.Sc1cccc2c(C3CC3)nccc12.[HH]. The Kier molecular flexibility index (Phi) is 16.9. The number of nitrogens with one attached hydrogen (secondary N) is 2. The molecule has 0 unspecified atom stereocenters. The van der Waals surface area contributed by atoms with Gasteiger partial charge in [0.2, 0.25) is 0 Å². The number of ether oxygens (including phenoxy) is 2. The Balaban J connectivity index is 0. The molecule has 6 N–H and O–H groups in total. The summed E-state index contributed by atoms with van der Waals surface area (Å²) in [4.78, 5) is 15.8. The van der Waals surface area contributed by atoms with Gasteiger partial charge in [0.05, 0.1) is 31.4 Å². The summed E-state index contributed by atoms with van der Waals surface area (Å²) in [6, 6.07) is 8.28. The second-order valence-corrected chi connectivity index (χ2v) is 9.63. The number of hydrogen-bond donors (Lipinski definition) is 3. The van der Waals surface area contributed by atoms with Gasteiger partial charge in [-0.25, -0.2) is 0 Å². The molecule has 0 radical (unpaired) electrons. The maximum atomic E-state index is 8.00. The van der Waals surface area contributed by atoms with Crippen LogP contribution in [0.1, 0.15) is 46.7 Å². The lowest BCUT2D eigenvalue weighted by Gasteiger charge is -2.26. The zero-order valence-corrected chi connectivity index (χ0v) is 22.2. The average Bonchev–Trinajstić information content (AvgIpc) is 3.66. The van der Waals surface area contributed by atoms with E-state index in [1.807, 2.05) is 25.1 Å². The third-order valence-electron chi connectivity index (χ3n) is 5.29. The van der Waals surface area contributed by atoms with Crippen molar-refractivity contribution in [2.45, 2.75) is 50.0 Å². The van der Waals surface area contributed by atoms with Gasteiger partial charge in [-0.1, -0.05) is 12.1 Å². The zero-order valence-electron chi connectivity index (χ0n) is 21.3. The molecule has 9 nitrogen and oxygen atoms in total. The van der Waals surface area contributed by atoms with E-state index in [0.29, 0.717) is 12.6 Å². The number of benzene rings is 1. The van der Waals surface area contributed by atoms with Gasteiger partial charge >= 0.3 is 0 Å². The quantitative estimate of drug-likeness (QED) is 0.278. The fourth-order valence-corrected chi connectivity index (χ4v) is 3.69. The van der Waals surface area contributed by atoms with Gasteiger partial charge < -0.3 is 30.5 Å². The van der Waals surface area contributed by atoms with Crippen LogP contribution in [0, 0.1) is 0 Å². The van der Waals surface area contributed by atoms with Gasteiger partial charge in [-0.15, -0.1) is 12.6 Å². The van der Waals surface area contributed by atoms with Gasteiger partial charge in [0, 0.05) is 56.5 Å². The van der Waals surface area contributed by atoms with Crippen LogP contribution < -0.4 is 10.6 Å². The number of hydrogen-bond acceptors (Lipinski definition) is 8. The Labute approximate surface area is 216 Å². The third-order valence-corrected chi connectivity index (χ3v) is 5.68. The van der Waals surface area contributed by atoms with E-state index in [1.54, 1.807) is 0 Å². The van der Waals surface area contributed by atoms with E-state index in [1.165, 1.54) is 29.3 Å². The number of pyridine rings is 1. The summed E-state index contributed by atoms with van der Waals surface area (Å²) in [7, 11) is 0. The van der Waals surface area contributed by atoms with Gasteiger partial charge in [0.1, 0.15) is 6.79 Å². The Morgan fingerprint density at radius 1 is 1.17 bits per heavy atom. The molecule has 1 aliphatic carbocycles. The van der Waals surface area contributed by atoms with Gasteiger partial charge in [0.15, 0.2) is 0 Å². The first kappa shape index (κ1) is 33.4. The number of aromatic nitrogens is 1. The molecule has 0 bridgehead atoms. The maximum Gasteiger partial charge on any atom is 0.106 e. The first-order valence-corrected chi connectivity index (χ1v) is 12.1.